The van der Waals surface area contributed by atoms with Crippen molar-refractivity contribution >= 4 is 28.3 Å². The molecule has 1 N–H and O–H groups in total. The van der Waals surface area contributed by atoms with Crippen molar-refractivity contribution in [2.45, 2.75) is 25.9 Å². The summed E-state index contributed by atoms with van der Waals surface area (Å²) in [6.45, 7) is 6.40. The number of halogens is 2. The second-order valence-electron chi connectivity index (χ2n) is 8.49. The highest BCUT2D eigenvalue weighted by Crippen LogP contribution is 2.33. The van der Waals surface area contributed by atoms with Crippen molar-refractivity contribution in [3.63, 3.8) is 0 Å². The van der Waals surface area contributed by atoms with Gasteiger partial charge in [-0.2, -0.15) is 5.10 Å². The second kappa shape index (κ2) is 8.15. The van der Waals surface area contributed by atoms with Crippen molar-refractivity contribution in [1.82, 2.24) is 25.1 Å². The van der Waals surface area contributed by atoms with Crippen LogP contribution in [0.15, 0.2) is 48.8 Å². The van der Waals surface area contributed by atoms with E-state index in [1.54, 1.807) is 12.3 Å². The molecule has 1 aromatic carbocycles. The molecule has 1 aliphatic rings. The zero-order chi connectivity index (χ0) is 22.4. The number of nitrogens with zero attached hydrogens (tertiary/aromatic N) is 5. The van der Waals surface area contributed by atoms with E-state index < -0.39 is 0 Å². The number of fused-ring (bicyclic) bond motifs is 1. The van der Waals surface area contributed by atoms with Gasteiger partial charge < -0.3 is 4.90 Å². The molecule has 0 radical (unpaired) electrons. The van der Waals surface area contributed by atoms with E-state index in [0.717, 1.165) is 29.8 Å². The van der Waals surface area contributed by atoms with Gasteiger partial charge in [0.1, 0.15) is 11.5 Å². The number of aromatic nitrogens is 4. The summed E-state index contributed by atoms with van der Waals surface area (Å²) in [5.74, 6) is -0.384. The van der Waals surface area contributed by atoms with Crippen LogP contribution < -0.4 is 4.90 Å². The fourth-order valence-electron chi connectivity index (χ4n) is 4.33. The fraction of sp³-hybridized carbons (Fsp3) is 0.292. The minimum absolute atomic E-state index is 0.336. The maximum absolute atomic E-state index is 14.5. The van der Waals surface area contributed by atoms with Crippen LogP contribution in [0, 0.1) is 5.82 Å². The Morgan fingerprint density at radius 2 is 1.88 bits per heavy atom. The van der Waals surface area contributed by atoms with Gasteiger partial charge >= 0.3 is 0 Å². The predicted octanol–water partition coefficient (Wildman–Crippen LogP) is 5.01. The van der Waals surface area contributed by atoms with Crippen LogP contribution in [0.5, 0.6) is 0 Å². The number of anilines is 1. The lowest BCUT2D eigenvalue weighted by atomic mass is 10.0. The van der Waals surface area contributed by atoms with Crippen molar-refractivity contribution in [2.75, 3.05) is 25.0 Å². The van der Waals surface area contributed by atoms with Crippen LogP contribution in [0.1, 0.15) is 13.8 Å². The SMILES string of the molecule is C[C@@H]1CN(c2cnc3ccc(-c4c[nH]nc4-c4cc(Cl)ccc4F)nc3c2)[C@H](C)CN1C. The third-order valence-corrected chi connectivity index (χ3v) is 6.49. The molecule has 3 aromatic heterocycles. The van der Waals surface area contributed by atoms with Gasteiger partial charge in [-0.3, -0.25) is 15.0 Å². The van der Waals surface area contributed by atoms with E-state index in [2.05, 4.69) is 51.9 Å². The number of benzene rings is 1. The lowest BCUT2D eigenvalue weighted by Gasteiger charge is -2.43. The highest BCUT2D eigenvalue weighted by Gasteiger charge is 2.27. The second-order valence-corrected chi connectivity index (χ2v) is 8.93. The molecule has 1 saturated heterocycles. The average molecular weight is 451 g/mol. The molecular formula is C24H24ClFN6. The monoisotopic (exact) mass is 450 g/mol. The zero-order valence-corrected chi connectivity index (χ0v) is 18.9. The molecular weight excluding hydrogens is 427 g/mol. The molecule has 0 unspecified atom stereocenters. The van der Waals surface area contributed by atoms with Crippen LogP contribution in [0.4, 0.5) is 10.1 Å². The lowest BCUT2D eigenvalue weighted by Crippen LogP contribution is -2.55. The highest BCUT2D eigenvalue weighted by atomic mass is 35.5. The minimum atomic E-state index is -0.384. The molecule has 1 fully saturated rings. The van der Waals surface area contributed by atoms with Crippen molar-refractivity contribution in [3.8, 4) is 22.5 Å². The molecule has 5 rings (SSSR count). The number of aromatic amines is 1. The average Bonchev–Trinajstić information content (AvgIpc) is 3.27. The maximum atomic E-state index is 14.5. The Kier molecular flexibility index (Phi) is 5.31. The molecule has 4 heterocycles. The summed E-state index contributed by atoms with van der Waals surface area (Å²) < 4.78 is 14.5. The minimum Gasteiger partial charge on any atom is -0.365 e. The van der Waals surface area contributed by atoms with E-state index in [-0.39, 0.29) is 5.82 Å². The van der Waals surface area contributed by atoms with Crippen LogP contribution in [-0.2, 0) is 0 Å². The largest absolute Gasteiger partial charge is 0.365 e. The van der Waals surface area contributed by atoms with Gasteiger partial charge in [0.15, 0.2) is 0 Å². The number of nitrogens with one attached hydrogen (secondary N) is 1. The molecule has 0 saturated carbocycles. The molecule has 8 heteroatoms. The van der Waals surface area contributed by atoms with E-state index in [1.165, 1.54) is 12.1 Å². The van der Waals surface area contributed by atoms with Gasteiger partial charge in [0.05, 0.1) is 28.6 Å². The Bertz CT molecular complexity index is 1290. The van der Waals surface area contributed by atoms with Gasteiger partial charge in [0, 0.05) is 47.5 Å². The van der Waals surface area contributed by atoms with Gasteiger partial charge in [0.25, 0.3) is 0 Å². The van der Waals surface area contributed by atoms with Crippen molar-refractivity contribution in [1.29, 1.82) is 0 Å². The van der Waals surface area contributed by atoms with E-state index in [0.29, 0.717) is 39.6 Å². The van der Waals surface area contributed by atoms with E-state index in [9.17, 15) is 4.39 Å². The van der Waals surface area contributed by atoms with Crippen molar-refractivity contribution < 1.29 is 4.39 Å². The molecule has 0 amide bonds. The van der Waals surface area contributed by atoms with Gasteiger partial charge in [-0.25, -0.2) is 9.37 Å². The Morgan fingerprint density at radius 1 is 1.03 bits per heavy atom. The lowest BCUT2D eigenvalue weighted by molar-refractivity contribution is 0.206. The molecule has 0 spiro atoms. The molecule has 1 aliphatic heterocycles. The predicted molar refractivity (Wildman–Crippen MR) is 126 cm³/mol. The summed E-state index contributed by atoms with van der Waals surface area (Å²) in [6.07, 6.45) is 3.65. The molecule has 0 aliphatic carbocycles. The Balaban J connectivity index is 1.55. The summed E-state index contributed by atoms with van der Waals surface area (Å²) in [5, 5.41) is 7.56. The third-order valence-electron chi connectivity index (χ3n) is 6.25. The van der Waals surface area contributed by atoms with Crippen molar-refractivity contribution in [2.24, 2.45) is 0 Å². The first-order valence-corrected chi connectivity index (χ1v) is 11.0. The third kappa shape index (κ3) is 3.72. The van der Waals surface area contributed by atoms with E-state index in [1.807, 2.05) is 18.3 Å². The van der Waals surface area contributed by atoms with E-state index in [4.69, 9.17) is 16.6 Å². The smallest absolute Gasteiger partial charge is 0.132 e. The Morgan fingerprint density at radius 3 is 2.72 bits per heavy atom. The Labute approximate surface area is 191 Å². The van der Waals surface area contributed by atoms with Gasteiger partial charge in [0.2, 0.25) is 0 Å². The Hall–Kier alpha value is -3.03. The maximum Gasteiger partial charge on any atom is 0.132 e. The molecule has 164 valence electrons. The molecule has 32 heavy (non-hydrogen) atoms. The van der Waals surface area contributed by atoms with Gasteiger partial charge in [-0.05, 0) is 57.3 Å². The van der Waals surface area contributed by atoms with Crippen LogP contribution in [0.2, 0.25) is 5.02 Å². The first-order chi connectivity index (χ1) is 15.4. The first-order valence-electron chi connectivity index (χ1n) is 10.6. The van der Waals surface area contributed by atoms with Gasteiger partial charge in [-0.15, -0.1) is 0 Å². The molecule has 0 bridgehead atoms. The molecule has 2 atom stereocenters. The quantitative estimate of drug-likeness (QED) is 0.475. The number of piperazine rings is 1. The number of pyridine rings is 2. The van der Waals surface area contributed by atoms with Crippen molar-refractivity contribution in [3.05, 3.63) is 59.6 Å². The molecule has 6 nitrogen and oxygen atoms in total. The fourth-order valence-corrected chi connectivity index (χ4v) is 4.50. The summed E-state index contributed by atoms with van der Waals surface area (Å²) in [6, 6.07) is 11.2. The summed E-state index contributed by atoms with van der Waals surface area (Å²) >= 11 is 6.10. The number of H-pyrrole nitrogens is 1. The number of hydrogen-bond donors (Lipinski definition) is 1. The molecule has 4 aromatic rings. The van der Waals surface area contributed by atoms with Crippen LogP contribution in [0.25, 0.3) is 33.5 Å². The number of rotatable bonds is 3. The topological polar surface area (TPSA) is 60.9 Å². The van der Waals surface area contributed by atoms with E-state index >= 15 is 0 Å². The van der Waals surface area contributed by atoms with Crippen LogP contribution in [-0.4, -0.2) is 57.3 Å². The van der Waals surface area contributed by atoms with Crippen LogP contribution in [0.3, 0.4) is 0 Å². The first kappa shape index (κ1) is 20.8. The summed E-state index contributed by atoms with van der Waals surface area (Å²) in [7, 11) is 2.16. The standard InChI is InChI=1S/C24H24ClFN6/c1-14-13-32(15(2)12-31(14)3)17-9-23-22(27-10-17)7-6-21(29-23)19-11-28-30-24(19)18-8-16(25)4-5-20(18)26/h4-11,14-15H,12-13H2,1-3H3,(H,28,30)/t14-,15-/m1/s1. The van der Waals surface area contributed by atoms with Gasteiger partial charge in [-0.1, -0.05) is 11.6 Å². The summed E-state index contributed by atoms with van der Waals surface area (Å²) in [4.78, 5) is 14.3. The normalized spacial score (nSPS) is 19.6. The number of hydrogen-bond acceptors (Lipinski definition) is 5. The summed E-state index contributed by atoms with van der Waals surface area (Å²) in [5.41, 5.74) is 4.87. The zero-order valence-electron chi connectivity index (χ0n) is 18.2. The highest BCUT2D eigenvalue weighted by molar-refractivity contribution is 6.30. The van der Waals surface area contributed by atoms with Crippen LogP contribution >= 0.6 is 11.6 Å². The number of likely N-dealkylation sites (N-methyl/N-ethyl adjacent to an activating group) is 1.